The highest BCUT2D eigenvalue weighted by Crippen LogP contribution is 2.09. The SMILES string of the molecule is CNCCc1ccccc1C(=O)NC(C)CC#N. The quantitative estimate of drug-likeness (QED) is 0.798. The minimum atomic E-state index is -0.125. The van der Waals surface area contributed by atoms with Crippen molar-refractivity contribution < 1.29 is 4.79 Å². The summed E-state index contributed by atoms with van der Waals surface area (Å²) in [4.78, 5) is 12.1. The first-order valence-electron chi connectivity index (χ1n) is 6.09. The molecule has 0 fully saturated rings. The van der Waals surface area contributed by atoms with Gasteiger partial charge in [-0.05, 0) is 38.6 Å². The van der Waals surface area contributed by atoms with E-state index >= 15 is 0 Å². The molecule has 0 aliphatic heterocycles. The smallest absolute Gasteiger partial charge is 0.251 e. The zero-order valence-electron chi connectivity index (χ0n) is 10.9. The second-order valence-corrected chi connectivity index (χ2v) is 4.25. The van der Waals surface area contributed by atoms with Crippen molar-refractivity contribution in [1.29, 1.82) is 5.26 Å². The summed E-state index contributed by atoms with van der Waals surface area (Å²) in [7, 11) is 1.89. The van der Waals surface area contributed by atoms with Gasteiger partial charge in [-0.15, -0.1) is 0 Å². The number of carbonyl (C=O) groups is 1. The molecular weight excluding hydrogens is 226 g/mol. The number of nitrogens with zero attached hydrogens (tertiary/aromatic N) is 1. The fourth-order valence-electron chi connectivity index (χ4n) is 1.71. The largest absolute Gasteiger partial charge is 0.349 e. The van der Waals surface area contributed by atoms with Crippen LogP contribution in [0.3, 0.4) is 0 Å². The first-order chi connectivity index (χ1) is 8.69. The highest BCUT2D eigenvalue weighted by Gasteiger charge is 2.12. The van der Waals surface area contributed by atoms with Gasteiger partial charge >= 0.3 is 0 Å². The topological polar surface area (TPSA) is 64.9 Å². The normalized spacial score (nSPS) is 11.6. The molecule has 0 saturated heterocycles. The first-order valence-corrected chi connectivity index (χ1v) is 6.09. The number of rotatable bonds is 6. The molecule has 4 heteroatoms. The van der Waals surface area contributed by atoms with E-state index in [9.17, 15) is 4.79 Å². The lowest BCUT2D eigenvalue weighted by molar-refractivity contribution is 0.0940. The Labute approximate surface area is 108 Å². The molecule has 4 nitrogen and oxygen atoms in total. The van der Waals surface area contributed by atoms with E-state index < -0.39 is 0 Å². The summed E-state index contributed by atoms with van der Waals surface area (Å²) in [6.07, 6.45) is 1.14. The van der Waals surface area contributed by atoms with Gasteiger partial charge in [0.25, 0.3) is 5.91 Å². The Morgan fingerprint density at radius 2 is 2.17 bits per heavy atom. The molecule has 2 N–H and O–H groups in total. The van der Waals surface area contributed by atoms with E-state index in [0.29, 0.717) is 12.0 Å². The number of carbonyl (C=O) groups excluding carboxylic acids is 1. The zero-order valence-corrected chi connectivity index (χ0v) is 10.9. The van der Waals surface area contributed by atoms with Crippen molar-refractivity contribution in [1.82, 2.24) is 10.6 Å². The molecule has 0 bridgehead atoms. The molecular formula is C14H19N3O. The summed E-state index contributed by atoms with van der Waals surface area (Å²) in [6, 6.07) is 9.49. The van der Waals surface area contributed by atoms with Crippen LogP contribution in [0.15, 0.2) is 24.3 Å². The van der Waals surface area contributed by atoms with Crippen LogP contribution in [0, 0.1) is 11.3 Å². The fraction of sp³-hybridized carbons (Fsp3) is 0.429. The third-order valence-electron chi connectivity index (χ3n) is 2.68. The number of likely N-dealkylation sites (N-methyl/N-ethyl adjacent to an activating group) is 1. The van der Waals surface area contributed by atoms with Crippen molar-refractivity contribution >= 4 is 5.91 Å². The van der Waals surface area contributed by atoms with Crippen molar-refractivity contribution in [2.75, 3.05) is 13.6 Å². The molecule has 1 aromatic carbocycles. The van der Waals surface area contributed by atoms with Crippen LogP contribution < -0.4 is 10.6 Å². The van der Waals surface area contributed by atoms with Gasteiger partial charge in [-0.1, -0.05) is 18.2 Å². The van der Waals surface area contributed by atoms with Crippen molar-refractivity contribution in [3.05, 3.63) is 35.4 Å². The Bertz CT molecular complexity index is 437. The number of nitrogens with one attached hydrogen (secondary N) is 2. The highest BCUT2D eigenvalue weighted by atomic mass is 16.1. The van der Waals surface area contributed by atoms with Crippen molar-refractivity contribution in [3.8, 4) is 6.07 Å². The van der Waals surface area contributed by atoms with Gasteiger partial charge in [-0.25, -0.2) is 0 Å². The standard InChI is InChI=1S/C14H19N3O/c1-11(7-9-15)17-14(18)13-6-4-3-5-12(13)8-10-16-2/h3-6,11,16H,7-8,10H2,1-2H3,(H,17,18). The second-order valence-electron chi connectivity index (χ2n) is 4.25. The molecule has 0 aliphatic carbocycles. The molecule has 1 amide bonds. The third-order valence-corrected chi connectivity index (χ3v) is 2.68. The van der Waals surface area contributed by atoms with Crippen LogP contribution in [0.4, 0.5) is 0 Å². The predicted molar refractivity (Wildman–Crippen MR) is 71.2 cm³/mol. The predicted octanol–water partition coefficient (Wildman–Crippen LogP) is 1.48. The van der Waals surface area contributed by atoms with Gasteiger partial charge < -0.3 is 10.6 Å². The molecule has 0 aliphatic rings. The van der Waals surface area contributed by atoms with Gasteiger partial charge in [0.05, 0.1) is 12.5 Å². The van der Waals surface area contributed by atoms with Gasteiger partial charge in [0.15, 0.2) is 0 Å². The van der Waals surface area contributed by atoms with E-state index in [2.05, 4.69) is 10.6 Å². The molecule has 1 rings (SSSR count). The van der Waals surface area contributed by atoms with Gasteiger partial charge in [-0.2, -0.15) is 5.26 Å². The number of amides is 1. The Kier molecular flexibility index (Phi) is 5.89. The molecule has 0 heterocycles. The Balaban J connectivity index is 2.75. The molecule has 96 valence electrons. The second kappa shape index (κ2) is 7.46. The average Bonchev–Trinajstić information content (AvgIpc) is 2.36. The van der Waals surface area contributed by atoms with Crippen molar-refractivity contribution in [2.24, 2.45) is 0 Å². The summed E-state index contributed by atoms with van der Waals surface area (Å²) in [5, 5.41) is 14.5. The van der Waals surface area contributed by atoms with Crippen LogP contribution in [0.5, 0.6) is 0 Å². The molecule has 0 aromatic heterocycles. The number of nitriles is 1. The average molecular weight is 245 g/mol. The maximum atomic E-state index is 12.1. The minimum absolute atomic E-state index is 0.107. The first kappa shape index (κ1) is 14.2. The lowest BCUT2D eigenvalue weighted by Crippen LogP contribution is -2.33. The molecule has 0 radical (unpaired) electrons. The zero-order chi connectivity index (χ0) is 13.4. The molecule has 1 atom stereocenters. The van der Waals surface area contributed by atoms with Gasteiger partial charge in [-0.3, -0.25) is 4.79 Å². The van der Waals surface area contributed by atoms with Crippen LogP contribution in [0.25, 0.3) is 0 Å². The molecule has 0 spiro atoms. The van der Waals surface area contributed by atoms with E-state index in [0.717, 1.165) is 18.5 Å². The van der Waals surface area contributed by atoms with E-state index in [1.165, 1.54) is 0 Å². The van der Waals surface area contributed by atoms with E-state index in [1.807, 2.05) is 44.3 Å². The van der Waals surface area contributed by atoms with Gasteiger partial charge in [0, 0.05) is 11.6 Å². The van der Waals surface area contributed by atoms with E-state index in [-0.39, 0.29) is 11.9 Å². The van der Waals surface area contributed by atoms with E-state index in [1.54, 1.807) is 0 Å². The van der Waals surface area contributed by atoms with Crippen LogP contribution in [-0.4, -0.2) is 25.5 Å². The lowest BCUT2D eigenvalue weighted by Gasteiger charge is -2.13. The van der Waals surface area contributed by atoms with E-state index in [4.69, 9.17) is 5.26 Å². The van der Waals surface area contributed by atoms with Gasteiger partial charge in [0.2, 0.25) is 0 Å². The summed E-state index contributed by atoms with van der Waals surface area (Å²) >= 11 is 0. The van der Waals surface area contributed by atoms with Crippen LogP contribution in [0.1, 0.15) is 29.3 Å². The highest BCUT2D eigenvalue weighted by molar-refractivity contribution is 5.95. The molecule has 0 saturated carbocycles. The Hall–Kier alpha value is -1.86. The number of hydrogen-bond acceptors (Lipinski definition) is 3. The number of hydrogen-bond donors (Lipinski definition) is 2. The summed E-state index contributed by atoms with van der Waals surface area (Å²) in [6.45, 7) is 2.66. The molecule has 18 heavy (non-hydrogen) atoms. The lowest BCUT2D eigenvalue weighted by atomic mass is 10.0. The maximum Gasteiger partial charge on any atom is 0.251 e. The Morgan fingerprint density at radius 1 is 1.44 bits per heavy atom. The summed E-state index contributed by atoms with van der Waals surface area (Å²) in [5.74, 6) is -0.107. The third kappa shape index (κ3) is 4.19. The van der Waals surface area contributed by atoms with Gasteiger partial charge in [0.1, 0.15) is 0 Å². The van der Waals surface area contributed by atoms with Crippen molar-refractivity contribution in [3.63, 3.8) is 0 Å². The fourth-order valence-corrected chi connectivity index (χ4v) is 1.71. The molecule has 1 unspecified atom stereocenters. The van der Waals surface area contributed by atoms with Crippen LogP contribution >= 0.6 is 0 Å². The summed E-state index contributed by atoms with van der Waals surface area (Å²) in [5.41, 5.74) is 1.71. The number of benzene rings is 1. The maximum absolute atomic E-state index is 12.1. The molecule has 1 aromatic rings. The van der Waals surface area contributed by atoms with Crippen LogP contribution in [0.2, 0.25) is 0 Å². The monoisotopic (exact) mass is 245 g/mol. The summed E-state index contributed by atoms with van der Waals surface area (Å²) < 4.78 is 0. The van der Waals surface area contributed by atoms with Crippen LogP contribution in [-0.2, 0) is 6.42 Å². The minimum Gasteiger partial charge on any atom is -0.349 e. The van der Waals surface area contributed by atoms with Crippen molar-refractivity contribution in [2.45, 2.75) is 25.8 Å². The Morgan fingerprint density at radius 3 is 2.83 bits per heavy atom.